The summed E-state index contributed by atoms with van der Waals surface area (Å²) in [5, 5.41) is 7.81. The van der Waals surface area contributed by atoms with Gasteiger partial charge in [0.1, 0.15) is 5.82 Å². The Bertz CT molecular complexity index is 728. The second kappa shape index (κ2) is 9.25. The number of thiophene rings is 1. The molecule has 0 saturated carbocycles. The monoisotopic (exact) mass is 436 g/mol. The summed E-state index contributed by atoms with van der Waals surface area (Å²) in [5.41, 5.74) is 0. The number of anilines is 1. The number of likely N-dealkylation sites (tertiary alicyclic amines) is 1. The Morgan fingerprint density at radius 2 is 2.08 bits per heavy atom. The van der Waals surface area contributed by atoms with Crippen molar-refractivity contribution >= 4 is 44.9 Å². The number of halogens is 1. The molecule has 0 spiro atoms. The fourth-order valence-corrected chi connectivity index (χ4v) is 3.77. The summed E-state index contributed by atoms with van der Waals surface area (Å²) in [6.07, 6.45) is 3.16. The summed E-state index contributed by atoms with van der Waals surface area (Å²) in [5.74, 6) is 0.557. The minimum atomic E-state index is -0.0362. The van der Waals surface area contributed by atoms with E-state index in [1.54, 1.807) is 23.6 Å². The zero-order valence-electron chi connectivity index (χ0n) is 14.3. The molecule has 2 aromatic rings. The molecule has 1 fully saturated rings. The SMILES string of the molecule is O=C(CN1CCC(C(=O)Nc2ccc(Br)cn2)CC1)NCc1cccs1. The van der Waals surface area contributed by atoms with Gasteiger partial charge in [-0.05, 0) is 65.4 Å². The highest BCUT2D eigenvalue weighted by Gasteiger charge is 2.26. The molecule has 0 bridgehead atoms. The molecule has 0 unspecified atom stereocenters. The van der Waals surface area contributed by atoms with Gasteiger partial charge in [-0.2, -0.15) is 0 Å². The highest BCUT2D eigenvalue weighted by Crippen LogP contribution is 2.19. The molecule has 6 nitrogen and oxygen atoms in total. The predicted octanol–water partition coefficient (Wildman–Crippen LogP) is 2.87. The van der Waals surface area contributed by atoms with Crippen LogP contribution < -0.4 is 10.6 Å². The maximum atomic E-state index is 12.4. The third kappa shape index (κ3) is 5.62. The van der Waals surface area contributed by atoms with Gasteiger partial charge in [-0.15, -0.1) is 11.3 Å². The third-order valence-electron chi connectivity index (χ3n) is 4.34. The lowest BCUT2D eigenvalue weighted by Gasteiger charge is -2.30. The van der Waals surface area contributed by atoms with Gasteiger partial charge in [-0.3, -0.25) is 14.5 Å². The van der Waals surface area contributed by atoms with Crippen molar-refractivity contribution in [1.29, 1.82) is 0 Å². The lowest BCUT2D eigenvalue weighted by atomic mass is 9.96. The Labute approximate surface area is 165 Å². The second-order valence-electron chi connectivity index (χ2n) is 6.26. The van der Waals surface area contributed by atoms with Crippen LogP contribution in [0.15, 0.2) is 40.3 Å². The zero-order chi connectivity index (χ0) is 18.4. The molecule has 2 N–H and O–H groups in total. The number of hydrogen-bond donors (Lipinski definition) is 2. The first-order chi connectivity index (χ1) is 12.6. The number of carbonyl (C=O) groups is 2. The van der Waals surface area contributed by atoms with Gasteiger partial charge in [-0.1, -0.05) is 6.07 Å². The van der Waals surface area contributed by atoms with Crippen LogP contribution in [0.25, 0.3) is 0 Å². The predicted molar refractivity (Wildman–Crippen MR) is 106 cm³/mol. The molecule has 2 amide bonds. The molecule has 0 atom stereocenters. The van der Waals surface area contributed by atoms with Crippen molar-refractivity contribution in [3.8, 4) is 0 Å². The molecule has 26 heavy (non-hydrogen) atoms. The van der Waals surface area contributed by atoms with Crippen LogP contribution >= 0.6 is 27.3 Å². The molecule has 1 saturated heterocycles. The fourth-order valence-electron chi connectivity index (χ4n) is 2.89. The standard InChI is InChI=1S/C18H21BrN4O2S/c19-14-3-4-16(20-10-14)22-18(25)13-5-7-23(8-6-13)12-17(24)21-11-15-2-1-9-26-15/h1-4,9-10,13H,5-8,11-12H2,(H,21,24)(H,20,22,25). The molecular weight excluding hydrogens is 416 g/mol. The minimum Gasteiger partial charge on any atom is -0.350 e. The van der Waals surface area contributed by atoms with Crippen LogP contribution in [0.2, 0.25) is 0 Å². The van der Waals surface area contributed by atoms with E-state index in [1.807, 2.05) is 23.6 Å². The number of rotatable bonds is 6. The van der Waals surface area contributed by atoms with Crippen LogP contribution in [0.5, 0.6) is 0 Å². The smallest absolute Gasteiger partial charge is 0.234 e. The summed E-state index contributed by atoms with van der Waals surface area (Å²) in [4.78, 5) is 31.8. The van der Waals surface area contributed by atoms with E-state index in [1.165, 1.54) is 0 Å². The first kappa shape index (κ1) is 19.0. The van der Waals surface area contributed by atoms with Crippen molar-refractivity contribution in [2.24, 2.45) is 5.92 Å². The minimum absolute atomic E-state index is 0.00150. The number of aromatic nitrogens is 1. The second-order valence-corrected chi connectivity index (χ2v) is 8.21. The van der Waals surface area contributed by atoms with Gasteiger partial charge in [0.05, 0.1) is 13.1 Å². The lowest BCUT2D eigenvalue weighted by Crippen LogP contribution is -2.43. The largest absolute Gasteiger partial charge is 0.350 e. The van der Waals surface area contributed by atoms with Crippen LogP contribution in [-0.2, 0) is 16.1 Å². The number of carbonyl (C=O) groups excluding carboxylic acids is 2. The molecule has 138 valence electrons. The summed E-state index contributed by atoms with van der Waals surface area (Å²) in [7, 11) is 0. The fraction of sp³-hybridized carbons (Fsp3) is 0.389. The zero-order valence-corrected chi connectivity index (χ0v) is 16.7. The Morgan fingerprint density at radius 1 is 1.27 bits per heavy atom. The molecule has 3 heterocycles. The van der Waals surface area contributed by atoms with Crippen LogP contribution in [0.1, 0.15) is 17.7 Å². The van der Waals surface area contributed by atoms with E-state index in [9.17, 15) is 9.59 Å². The van der Waals surface area contributed by atoms with Gasteiger partial charge in [-0.25, -0.2) is 4.98 Å². The highest BCUT2D eigenvalue weighted by molar-refractivity contribution is 9.10. The number of amides is 2. The van der Waals surface area contributed by atoms with E-state index in [2.05, 4.69) is 36.4 Å². The summed E-state index contributed by atoms with van der Waals surface area (Å²) < 4.78 is 0.876. The van der Waals surface area contributed by atoms with Gasteiger partial charge >= 0.3 is 0 Å². The van der Waals surface area contributed by atoms with Crippen LogP contribution in [0.3, 0.4) is 0 Å². The van der Waals surface area contributed by atoms with E-state index in [4.69, 9.17) is 0 Å². The average molecular weight is 437 g/mol. The average Bonchev–Trinajstić information content (AvgIpc) is 3.16. The van der Waals surface area contributed by atoms with Gasteiger partial charge < -0.3 is 10.6 Å². The molecule has 2 aromatic heterocycles. The molecular formula is C18H21BrN4O2S. The summed E-state index contributed by atoms with van der Waals surface area (Å²) in [6, 6.07) is 7.61. The summed E-state index contributed by atoms with van der Waals surface area (Å²) in [6.45, 7) is 2.46. The van der Waals surface area contributed by atoms with Gasteiger partial charge in [0.15, 0.2) is 0 Å². The number of piperidine rings is 1. The van der Waals surface area contributed by atoms with Crippen molar-refractivity contribution in [3.63, 3.8) is 0 Å². The van der Waals surface area contributed by atoms with Crippen molar-refractivity contribution in [3.05, 3.63) is 45.2 Å². The number of nitrogens with zero attached hydrogens (tertiary/aromatic N) is 2. The van der Waals surface area contributed by atoms with Crippen molar-refractivity contribution in [2.75, 3.05) is 25.0 Å². The normalized spacial score (nSPS) is 15.6. The van der Waals surface area contributed by atoms with Gasteiger partial charge in [0.2, 0.25) is 11.8 Å². The van der Waals surface area contributed by atoms with Crippen LogP contribution in [-0.4, -0.2) is 41.3 Å². The quantitative estimate of drug-likeness (QED) is 0.729. The number of hydrogen-bond acceptors (Lipinski definition) is 5. The topological polar surface area (TPSA) is 74.3 Å². The summed E-state index contributed by atoms with van der Waals surface area (Å²) >= 11 is 4.96. The third-order valence-corrected chi connectivity index (χ3v) is 5.69. The molecule has 1 aliphatic heterocycles. The molecule has 0 radical (unpaired) electrons. The van der Waals surface area contributed by atoms with E-state index in [0.717, 1.165) is 35.3 Å². The first-order valence-corrected chi connectivity index (χ1v) is 10.2. The van der Waals surface area contributed by atoms with Crippen molar-refractivity contribution in [2.45, 2.75) is 19.4 Å². The molecule has 0 aliphatic carbocycles. The van der Waals surface area contributed by atoms with Gasteiger partial charge in [0, 0.05) is 21.5 Å². The maximum Gasteiger partial charge on any atom is 0.234 e. The molecule has 1 aliphatic rings. The molecule has 8 heteroatoms. The van der Waals surface area contributed by atoms with Crippen molar-refractivity contribution < 1.29 is 9.59 Å². The van der Waals surface area contributed by atoms with E-state index in [-0.39, 0.29) is 17.7 Å². The molecule has 3 rings (SSSR count). The van der Waals surface area contributed by atoms with Gasteiger partial charge in [0.25, 0.3) is 0 Å². The lowest BCUT2D eigenvalue weighted by molar-refractivity contribution is -0.123. The Balaban J connectivity index is 1.38. The Hall–Kier alpha value is -1.77. The Kier molecular flexibility index (Phi) is 6.76. The van der Waals surface area contributed by atoms with Crippen LogP contribution in [0.4, 0.5) is 5.82 Å². The molecule has 0 aromatic carbocycles. The maximum absolute atomic E-state index is 12.4. The Morgan fingerprint density at radius 3 is 2.73 bits per heavy atom. The van der Waals surface area contributed by atoms with E-state index in [0.29, 0.717) is 18.9 Å². The van der Waals surface area contributed by atoms with Crippen molar-refractivity contribution in [1.82, 2.24) is 15.2 Å². The van der Waals surface area contributed by atoms with E-state index < -0.39 is 0 Å². The number of nitrogens with one attached hydrogen (secondary N) is 2. The number of pyridine rings is 1. The highest BCUT2D eigenvalue weighted by atomic mass is 79.9. The van der Waals surface area contributed by atoms with E-state index >= 15 is 0 Å². The van der Waals surface area contributed by atoms with Crippen LogP contribution in [0, 0.1) is 5.92 Å². The first-order valence-electron chi connectivity index (χ1n) is 8.54.